The highest BCUT2D eigenvalue weighted by atomic mass is 19.4. The topological polar surface area (TPSA) is 46.5 Å². The van der Waals surface area contributed by atoms with Gasteiger partial charge in [-0.25, -0.2) is 9.18 Å². The lowest BCUT2D eigenvalue weighted by Crippen LogP contribution is -2.16. The number of ether oxygens (including phenoxy) is 1. The van der Waals surface area contributed by atoms with Crippen LogP contribution in [0.2, 0.25) is 0 Å². The zero-order valence-electron chi connectivity index (χ0n) is 10.3. The highest BCUT2D eigenvalue weighted by molar-refractivity contribution is 5.88. The summed E-state index contributed by atoms with van der Waals surface area (Å²) in [5.41, 5.74) is 0.298. The molecule has 0 aliphatic heterocycles. The van der Waals surface area contributed by atoms with Crippen LogP contribution >= 0.6 is 0 Å². The van der Waals surface area contributed by atoms with Crippen molar-refractivity contribution in [3.05, 3.63) is 53.8 Å². The Balaban J connectivity index is 2.27. The fourth-order valence-corrected chi connectivity index (χ4v) is 1.72. The molecule has 3 nitrogen and oxygen atoms in total. The van der Waals surface area contributed by atoms with Crippen molar-refractivity contribution in [3.63, 3.8) is 0 Å². The molecule has 1 N–H and O–H groups in total. The highest BCUT2D eigenvalue weighted by Gasteiger charge is 2.30. The largest absolute Gasteiger partial charge is 0.573 e. The molecule has 0 aliphatic carbocycles. The first kappa shape index (κ1) is 14.8. The molecular formula is C14H8F4O3. The second-order valence-electron chi connectivity index (χ2n) is 4.07. The third kappa shape index (κ3) is 3.71. The molecule has 0 amide bonds. The Kier molecular flexibility index (Phi) is 3.84. The molecule has 110 valence electrons. The Morgan fingerprint density at radius 3 is 2.05 bits per heavy atom. The van der Waals surface area contributed by atoms with Crippen LogP contribution in [0.15, 0.2) is 42.5 Å². The van der Waals surface area contributed by atoms with Crippen molar-refractivity contribution < 1.29 is 32.2 Å². The van der Waals surface area contributed by atoms with Gasteiger partial charge in [0.05, 0.1) is 5.56 Å². The first-order chi connectivity index (χ1) is 9.76. The van der Waals surface area contributed by atoms with Gasteiger partial charge in [0.25, 0.3) is 0 Å². The lowest BCUT2D eigenvalue weighted by Gasteiger charge is -2.09. The number of carboxylic acids is 1. The minimum atomic E-state index is -4.78. The van der Waals surface area contributed by atoms with E-state index in [1.165, 1.54) is 18.2 Å². The number of benzene rings is 2. The number of rotatable bonds is 3. The Bertz CT molecular complexity index is 663. The van der Waals surface area contributed by atoms with Crippen molar-refractivity contribution in [1.82, 2.24) is 0 Å². The van der Waals surface area contributed by atoms with E-state index in [0.29, 0.717) is 11.1 Å². The third-order valence-corrected chi connectivity index (χ3v) is 2.62. The third-order valence-electron chi connectivity index (χ3n) is 2.62. The van der Waals surface area contributed by atoms with E-state index < -0.39 is 29.5 Å². The molecule has 21 heavy (non-hydrogen) atoms. The van der Waals surface area contributed by atoms with Gasteiger partial charge in [-0.3, -0.25) is 0 Å². The maximum atomic E-state index is 13.5. The molecule has 0 atom stereocenters. The molecule has 0 spiro atoms. The lowest BCUT2D eigenvalue weighted by atomic mass is 10.0. The van der Waals surface area contributed by atoms with Gasteiger partial charge < -0.3 is 9.84 Å². The van der Waals surface area contributed by atoms with Crippen molar-refractivity contribution in [1.29, 1.82) is 0 Å². The summed E-state index contributed by atoms with van der Waals surface area (Å²) in [6.45, 7) is 0. The summed E-state index contributed by atoms with van der Waals surface area (Å²) in [6, 6.07) is 8.27. The second-order valence-corrected chi connectivity index (χ2v) is 4.07. The van der Waals surface area contributed by atoms with Gasteiger partial charge in [0, 0.05) is 0 Å². The van der Waals surface area contributed by atoms with Crippen LogP contribution in [0, 0.1) is 5.82 Å². The van der Waals surface area contributed by atoms with Crippen LogP contribution in [0.4, 0.5) is 17.6 Å². The molecule has 0 saturated carbocycles. The quantitative estimate of drug-likeness (QED) is 0.868. The van der Waals surface area contributed by atoms with Crippen LogP contribution in [-0.2, 0) is 0 Å². The standard InChI is InChI=1S/C14H8F4O3/c15-12-7-9(3-6-11(12)13(19)20)8-1-4-10(5-2-8)21-14(16,17)18/h1-7H,(H,19,20). The molecule has 0 fully saturated rings. The summed E-state index contributed by atoms with van der Waals surface area (Å²) < 4.78 is 53.3. The van der Waals surface area contributed by atoms with E-state index in [-0.39, 0.29) is 0 Å². The summed E-state index contributed by atoms with van der Waals surface area (Å²) in [5.74, 6) is -2.71. The van der Waals surface area contributed by atoms with E-state index in [9.17, 15) is 22.4 Å². The highest BCUT2D eigenvalue weighted by Crippen LogP contribution is 2.27. The maximum absolute atomic E-state index is 13.5. The Hall–Kier alpha value is -2.57. The smallest absolute Gasteiger partial charge is 0.478 e. The molecule has 2 aromatic carbocycles. The molecule has 0 unspecified atom stereocenters. The van der Waals surface area contributed by atoms with Crippen LogP contribution in [0.3, 0.4) is 0 Å². The zero-order chi connectivity index (χ0) is 15.6. The predicted octanol–water partition coefficient (Wildman–Crippen LogP) is 4.09. The maximum Gasteiger partial charge on any atom is 0.573 e. The van der Waals surface area contributed by atoms with E-state index >= 15 is 0 Å². The number of alkyl halides is 3. The minimum absolute atomic E-state index is 0.344. The van der Waals surface area contributed by atoms with Crippen LogP contribution in [-0.4, -0.2) is 17.4 Å². The summed E-state index contributed by atoms with van der Waals surface area (Å²) in [4.78, 5) is 10.7. The van der Waals surface area contributed by atoms with Crippen molar-refractivity contribution in [3.8, 4) is 16.9 Å². The molecule has 0 saturated heterocycles. The van der Waals surface area contributed by atoms with Gasteiger partial charge in [0.15, 0.2) is 0 Å². The lowest BCUT2D eigenvalue weighted by molar-refractivity contribution is -0.274. The molecule has 0 aliphatic rings. The summed E-state index contributed by atoms with van der Waals surface area (Å²) in [5, 5.41) is 8.71. The number of carbonyl (C=O) groups is 1. The second kappa shape index (κ2) is 5.43. The van der Waals surface area contributed by atoms with Gasteiger partial charge in [-0.1, -0.05) is 18.2 Å². The minimum Gasteiger partial charge on any atom is -0.478 e. The van der Waals surface area contributed by atoms with Crippen LogP contribution < -0.4 is 4.74 Å². The summed E-state index contributed by atoms with van der Waals surface area (Å²) in [6.07, 6.45) is -4.78. The monoisotopic (exact) mass is 300 g/mol. The van der Waals surface area contributed by atoms with Crippen LogP contribution in [0.5, 0.6) is 5.75 Å². The Morgan fingerprint density at radius 2 is 1.57 bits per heavy atom. The number of carboxylic acid groups (broad SMARTS) is 1. The fourth-order valence-electron chi connectivity index (χ4n) is 1.72. The first-order valence-electron chi connectivity index (χ1n) is 5.65. The molecule has 0 aromatic heterocycles. The average molecular weight is 300 g/mol. The zero-order valence-corrected chi connectivity index (χ0v) is 10.3. The fraction of sp³-hybridized carbons (Fsp3) is 0.0714. The van der Waals surface area contributed by atoms with Crippen molar-refractivity contribution in [2.45, 2.75) is 6.36 Å². The molecule has 0 radical (unpaired) electrons. The van der Waals surface area contributed by atoms with Crippen LogP contribution in [0.1, 0.15) is 10.4 Å². The van der Waals surface area contributed by atoms with Gasteiger partial charge in [0.2, 0.25) is 0 Å². The number of halogens is 4. The van der Waals surface area contributed by atoms with Gasteiger partial charge in [-0.05, 0) is 35.4 Å². The number of hydrogen-bond donors (Lipinski definition) is 1. The Morgan fingerprint density at radius 1 is 1.00 bits per heavy atom. The summed E-state index contributed by atoms with van der Waals surface area (Å²) in [7, 11) is 0. The first-order valence-corrected chi connectivity index (χ1v) is 5.65. The molecule has 7 heteroatoms. The molecule has 0 bridgehead atoms. The van der Waals surface area contributed by atoms with E-state index in [4.69, 9.17) is 5.11 Å². The molecule has 0 heterocycles. The molecule has 2 rings (SSSR count). The van der Waals surface area contributed by atoms with E-state index in [2.05, 4.69) is 4.74 Å². The SMILES string of the molecule is O=C(O)c1ccc(-c2ccc(OC(F)(F)F)cc2)cc1F. The van der Waals surface area contributed by atoms with Crippen molar-refractivity contribution in [2.75, 3.05) is 0 Å². The summed E-state index contributed by atoms with van der Waals surface area (Å²) >= 11 is 0. The Labute approximate surface area is 116 Å². The van der Waals surface area contributed by atoms with Crippen LogP contribution in [0.25, 0.3) is 11.1 Å². The van der Waals surface area contributed by atoms with Gasteiger partial charge >= 0.3 is 12.3 Å². The van der Waals surface area contributed by atoms with Crippen molar-refractivity contribution >= 4 is 5.97 Å². The predicted molar refractivity (Wildman–Crippen MR) is 65.5 cm³/mol. The van der Waals surface area contributed by atoms with Crippen molar-refractivity contribution in [2.24, 2.45) is 0 Å². The van der Waals surface area contributed by atoms with E-state index in [1.54, 1.807) is 0 Å². The molecular weight excluding hydrogens is 292 g/mol. The van der Waals surface area contributed by atoms with Gasteiger partial charge in [0.1, 0.15) is 11.6 Å². The number of hydrogen-bond acceptors (Lipinski definition) is 2. The number of aromatic carboxylic acids is 1. The molecule has 2 aromatic rings. The van der Waals surface area contributed by atoms with E-state index in [1.807, 2.05) is 0 Å². The van der Waals surface area contributed by atoms with E-state index in [0.717, 1.165) is 24.3 Å². The normalized spacial score (nSPS) is 11.2. The van der Waals surface area contributed by atoms with Gasteiger partial charge in [-0.2, -0.15) is 0 Å². The average Bonchev–Trinajstić information content (AvgIpc) is 2.37. The van der Waals surface area contributed by atoms with Gasteiger partial charge in [-0.15, -0.1) is 13.2 Å².